The van der Waals surface area contributed by atoms with Crippen molar-refractivity contribution < 1.29 is 9.53 Å². The zero-order valence-electron chi connectivity index (χ0n) is 10.2. The smallest absolute Gasteiger partial charge is 0.159 e. The number of ether oxygens (including phenoxy) is 1. The summed E-state index contributed by atoms with van der Waals surface area (Å²) in [6, 6.07) is 7.28. The van der Waals surface area contributed by atoms with Gasteiger partial charge in [-0.2, -0.15) is 0 Å². The van der Waals surface area contributed by atoms with Gasteiger partial charge in [-0.25, -0.2) is 0 Å². The van der Waals surface area contributed by atoms with Crippen LogP contribution >= 0.6 is 11.6 Å². The normalized spacial score (nSPS) is 10.2. The molecule has 0 aliphatic rings. The Labute approximate surface area is 108 Å². The number of ketones is 1. The third kappa shape index (κ3) is 5.73. The fourth-order valence-electron chi connectivity index (χ4n) is 1.53. The van der Waals surface area contributed by atoms with Gasteiger partial charge in [-0.1, -0.05) is 12.8 Å². The first-order valence-corrected chi connectivity index (χ1v) is 6.57. The summed E-state index contributed by atoms with van der Waals surface area (Å²) in [6.45, 7) is 2.29. The summed E-state index contributed by atoms with van der Waals surface area (Å²) in [7, 11) is 0. The molecular weight excluding hydrogens is 236 g/mol. The van der Waals surface area contributed by atoms with Crippen molar-refractivity contribution in [1.82, 2.24) is 0 Å². The predicted octanol–water partition coefficient (Wildman–Crippen LogP) is 4.07. The number of hydrogen-bond acceptors (Lipinski definition) is 2. The second-order valence-corrected chi connectivity index (χ2v) is 4.41. The molecule has 0 heterocycles. The summed E-state index contributed by atoms with van der Waals surface area (Å²) in [5, 5.41) is 0. The fourth-order valence-corrected chi connectivity index (χ4v) is 1.71. The van der Waals surface area contributed by atoms with Crippen LogP contribution in [0.2, 0.25) is 0 Å². The van der Waals surface area contributed by atoms with Gasteiger partial charge in [0.25, 0.3) is 0 Å². The second-order valence-electron chi connectivity index (χ2n) is 4.03. The van der Waals surface area contributed by atoms with Crippen LogP contribution in [-0.4, -0.2) is 18.3 Å². The highest BCUT2D eigenvalue weighted by Crippen LogP contribution is 2.13. The Morgan fingerprint density at radius 3 is 2.35 bits per heavy atom. The fraction of sp³-hybridized carbons (Fsp3) is 0.500. The Morgan fingerprint density at radius 2 is 1.76 bits per heavy atom. The molecule has 0 amide bonds. The van der Waals surface area contributed by atoms with E-state index in [0.29, 0.717) is 0 Å². The van der Waals surface area contributed by atoms with Crippen LogP contribution < -0.4 is 4.74 Å². The summed E-state index contributed by atoms with van der Waals surface area (Å²) in [4.78, 5) is 11.1. The SMILES string of the molecule is CC(=O)c1ccc(OCCCCCCCl)cc1. The van der Waals surface area contributed by atoms with E-state index in [1.54, 1.807) is 19.1 Å². The molecule has 0 fully saturated rings. The number of carbonyl (C=O) groups excluding carboxylic acids is 1. The van der Waals surface area contributed by atoms with E-state index in [0.717, 1.165) is 49.5 Å². The molecule has 17 heavy (non-hydrogen) atoms. The van der Waals surface area contributed by atoms with Crippen LogP contribution in [0, 0.1) is 0 Å². The maximum Gasteiger partial charge on any atom is 0.159 e. The van der Waals surface area contributed by atoms with Crippen LogP contribution in [0.15, 0.2) is 24.3 Å². The number of Topliss-reactive ketones (excluding diaryl/α,β-unsaturated/α-hetero) is 1. The Morgan fingerprint density at radius 1 is 1.12 bits per heavy atom. The first kappa shape index (κ1) is 14.0. The Hall–Kier alpha value is -1.02. The molecular formula is C14H19ClO2. The zero-order valence-corrected chi connectivity index (χ0v) is 11.0. The summed E-state index contributed by atoms with van der Waals surface area (Å²) < 4.78 is 5.58. The lowest BCUT2D eigenvalue weighted by Gasteiger charge is -2.06. The summed E-state index contributed by atoms with van der Waals surface area (Å²) >= 11 is 5.59. The molecule has 0 N–H and O–H groups in total. The van der Waals surface area contributed by atoms with Gasteiger partial charge < -0.3 is 4.74 Å². The van der Waals surface area contributed by atoms with E-state index in [-0.39, 0.29) is 5.78 Å². The molecule has 0 aliphatic heterocycles. The van der Waals surface area contributed by atoms with Crippen molar-refractivity contribution in [2.24, 2.45) is 0 Å². The highest BCUT2D eigenvalue weighted by Gasteiger charge is 1.99. The first-order chi connectivity index (χ1) is 8.24. The third-order valence-electron chi connectivity index (χ3n) is 2.56. The molecule has 0 aliphatic carbocycles. The quantitative estimate of drug-likeness (QED) is 0.397. The summed E-state index contributed by atoms with van der Waals surface area (Å²) in [5.74, 6) is 1.65. The van der Waals surface area contributed by atoms with Gasteiger partial charge in [0.05, 0.1) is 6.61 Å². The van der Waals surface area contributed by atoms with Gasteiger partial charge in [-0.05, 0) is 44.0 Å². The van der Waals surface area contributed by atoms with E-state index in [1.165, 1.54) is 0 Å². The average Bonchev–Trinajstić information content (AvgIpc) is 2.34. The minimum Gasteiger partial charge on any atom is -0.494 e. The molecule has 0 radical (unpaired) electrons. The molecule has 0 saturated carbocycles. The van der Waals surface area contributed by atoms with Crippen LogP contribution in [0.25, 0.3) is 0 Å². The Balaban J connectivity index is 2.21. The number of carbonyl (C=O) groups is 1. The zero-order chi connectivity index (χ0) is 12.5. The minimum absolute atomic E-state index is 0.0811. The Kier molecular flexibility index (Phi) is 6.71. The van der Waals surface area contributed by atoms with E-state index in [1.807, 2.05) is 12.1 Å². The van der Waals surface area contributed by atoms with Crippen LogP contribution in [0.3, 0.4) is 0 Å². The third-order valence-corrected chi connectivity index (χ3v) is 2.82. The predicted molar refractivity (Wildman–Crippen MR) is 71.1 cm³/mol. The van der Waals surface area contributed by atoms with Gasteiger partial charge in [-0.15, -0.1) is 11.6 Å². The topological polar surface area (TPSA) is 26.3 Å². The number of benzene rings is 1. The van der Waals surface area contributed by atoms with Crippen molar-refractivity contribution >= 4 is 17.4 Å². The summed E-state index contributed by atoms with van der Waals surface area (Å²) in [6.07, 6.45) is 4.44. The van der Waals surface area contributed by atoms with Crippen molar-refractivity contribution in [3.8, 4) is 5.75 Å². The lowest BCUT2D eigenvalue weighted by molar-refractivity contribution is 0.101. The molecule has 0 unspecified atom stereocenters. The van der Waals surface area contributed by atoms with Gasteiger partial charge in [0.15, 0.2) is 5.78 Å². The van der Waals surface area contributed by atoms with Crippen molar-refractivity contribution in [2.45, 2.75) is 32.6 Å². The van der Waals surface area contributed by atoms with E-state index in [4.69, 9.17) is 16.3 Å². The monoisotopic (exact) mass is 254 g/mol. The molecule has 0 saturated heterocycles. The maximum atomic E-state index is 11.1. The lowest BCUT2D eigenvalue weighted by atomic mass is 10.1. The first-order valence-electron chi connectivity index (χ1n) is 6.04. The molecule has 1 rings (SSSR count). The minimum atomic E-state index is 0.0811. The molecule has 2 nitrogen and oxygen atoms in total. The molecule has 3 heteroatoms. The van der Waals surface area contributed by atoms with Crippen molar-refractivity contribution in [1.29, 1.82) is 0 Å². The van der Waals surface area contributed by atoms with Crippen molar-refractivity contribution in [3.63, 3.8) is 0 Å². The number of unbranched alkanes of at least 4 members (excludes halogenated alkanes) is 3. The van der Waals surface area contributed by atoms with Gasteiger partial charge in [0.1, 0.15) is 5.75 Å². The van der Waals surface area contributed by atoms with E-state index in [2.05, 4.69) is 0 Å². The number of alkyl halides is 1. The highest BCUT2D eigenvalue weighted by atomic mass is 35.5. The van der Waals surface area contributed by atoms with Crippen molar-refractivity contribution in [2.75, 3.05) is 12.5 Å². The molecule has 0 atom stereocenters. The van der Waals surface area contributed by atoms with Crippen LogP contribution in [0.4, 0.5) is 0 Å². The van der Waals surface area contributed by atoms with Gasteiger partial charge in [0, 0.05) is 11.4 Å². The van der Waals surface area contributed by atoms with Gasteiger partial charge in [0.2, 0.25) is 0 Å². The second kappa shape index (κ2) is 8.13. The Bertz CT molecular complexity index is 333. The van der Waals surface area contributed by atoms with E-state index >= 15 is 0 Å². The van der Waals surface area contributed by atoms with Crippen molar-refractivity contribution in [3.05, 3.63) is 29.8 Å². The molecule has 0 aromatic heterocycles. The molecule has 1 aromatic rings. The number of halogens is 1. The molecule has 94 valence electrons. The molecule has 0 bridgehead atoms. The van der Waals surface area contributed by atoms with Crippen LogP contribution in [0.5, 0.6) is 5.75 Å². The molecule has 1 aromatic carbocycles. The van der Waals surface area contributed by atoms with Gasteiger partial charge >= 0.3 is 0 Å². The maximum absolute atomic E-state index is 11.1. The number of hydrogen-bond donors (Lipinski definition) is 0. The highest BCUT2D eigenvalue weighted by molar-refractivity contribution is 6.17. The summed E-state index contributed by atoms with van der Waals surface area (Å²) in [5.41, 5.74) is 0.722. The van der Waals surface area contributed by atoms with Crippen LogP contribution in [-0.2, 0) is 0 Å². The largest absolute Gasteiger partial charge is 0.494 e. The molecule has 0 spiro atoms. The van der Waals surface area contributed by atoms with E-state index < -0.39 is 0 Å². The average molecular weight is 255 g/mol. The standard InChI is InChI=1S/C14H19ClO2/c1-12(16)13-6-8-14(9-7-13)17-11-5-3-2-4-10-15/h6-9H,2-5,10-11H2,1H3. The van der Waals surface area contributed by atoms with Crippen LogP contribution in [0.1, 0.15) is 43.0 Å². The van der Waals surface area contributed by atoms with E-state index in [9.17, 15) is 4.79 Å². The number of rotatable bonds is 8. The lowest BCUT2D eigenvalue weighted by Crippen LogP contribution is -1.98. The van der Waals surface area contributed by atoms with Gasteiger partial charge in [-0.3, -0.25) is 4.79 Å².